The van der Waals surface area contributed by atoms with Gasteiger partial charge in [0.15, 0.2) is 5.78 Å². The van der Waals surface area contributed by atoms with Gasteiger partial charge in [-0.3, -0.25) is 4.79 Å². The van der Waals surface area contributed by atoms with Gasteiger partial charge in [0.1, 0.15) is 7.14 Å². The van der Waals surface area contributed by atoms with Crippen LogP contribution < -0.4 is 10.6 Å². The summed E-state index contributed by atoms with van der Waals surface area (Å²) in [4.78, 5) is 13.4. The topological polar surface area (TPSA) is 34.1 Å². The predicted octanol–water partition coefficient (Wildman–Crippen LogP) is 6.47. The molecule has 2 nitrogen and oxygen atoms in total. The zero-order valence-corrected chi connectivity index (χ0v) is 18.6. The molecule has 0 spiro atoms. The Kier molecular flexibility index (Phi) is 8.22. The fourth-order valence-electron chi connectivity index (χ4n) is 3.97. The van der Waals surface area contributed by atoms with E-state index in [2.05, 4.69) is 6.92 Å². The van der Waals surface area contributed by atoms with E-state index in [0.29, 0.717) is 11.7 Å². The van der Waals surface area contributed by atoms with Crippen molar-refractivity contribution in [2.24, 2.45) is 5.92 Å². The molecule has 0 bridgehead atoms. The average Bonchev–Trinajstić information content (AvgIpc) is 2.82. The third-order valence-electron chi connectivity index (χ3n) is 5.66. The highest BCUT2D eigenvalue weighted by Crippen LogP contribution is 2.46. The number of rotatable bonds is 11. The first-order chi connectivity index (χ1) is 14.6. The molecule has 0 aliphatic heterocycles. The number of benzene rings is 3. The Morgan fingerprint density at radius 1 is 0.733 bits per heavy atom. The molecule has 0 radical (unpaired) electrons. The molecule has 0 amide bonds. The van der Waals surface area contributed by atoms with Gasteiger partial charge < -0.3 is 4.57 Å². The highest BCUT2D eigenvalue weighted by molar-refractivity contribution is 7.78. The van der Waals surface area contributed by atoms with E-state index in [-0.39, 0.29) is 11.7 Å². The summed E-state index contributed by atoms with van der Waals surface area (Å²) in [5.41, 5.74) is 0.714. The van der Waals surface area contributed by atoms with Gasteiger partial charge in [0.25, 0.3) is 0 Å². The molecule has 156 valence electrons. The van der Waals surface area contributed by atoms with Gasteiger partial charge in [0.2, 0.25) is 0 Å². The maximum atomic E-state index is 14.5. The van der Waals surface area contributed by atoms with Crippen LogP contribution in [0.25, 0.3) is 0 Å². The number of carbonyl (C=O) groups excluding carboxylic acids is 1. The maximum absolute atomic E-state index is 14.5. The molecule has 30 heavy (non-hydrogen) atoms. The summed E-state index contributed by atoms with van der Waals surface area (Å²) in [5.74, 6) is -0.144. The zero-order valence-electron chi connectivity index (χ0n) is 17.7. The Balaban J connectivity index is 1.96. The van der Waals surface area contributed by atoms with Gasteiger partial charge in [-0.1, -0.05) is 124 Å². The van der Waals surface area contributed by atoms with Crippen LogP contribution >= 0.6 is 7.14 Å². The lowest BCUT2D eigenvalue weighted by Gasteiger charge is -2.25. The van der Waals surface area contributed by atoms with Crippen molar-refractivity contribution in [3.8, 4) is 0 Å². The molecular formula is C27H31O2P. The second-order valence-electron chi connectivity index (χ2n) is 7.87. The third-order valence-corrected chi connectivity index (χ3v) is 8.88. The Morgan fingerprint density at radius 3 is 1.73 bits per heavy atom. The van der Waals surface area contributed by atoms with Crippen molar-refractivity contribution in [3.05, 3.63) is 96.6 Å². The number of carbonyl (C=O) groups is 1. The standard InChI is InChI=1S/C27H31O2P/c1-2-3-4-8-17-24(27(28)23-15-9-5-10-16-23)22-30(29,25-18-11-6-12-19-25)26-20-13-7-14-21-26/h5-7,9-16,18-21,24H,2-4,8,17,22H2,1H3. The lowest BCUT2D eigenvalue weighted by Crippen LogP contribution is -2.27. The predicted molar refractivity (Wildman–Crippen MR) is 128 cm³/mol. The van der Waals surface area contributed by atoms with Crippen LogP contribution in [0, 0.1) is 5.92 Å². The fraction of sp³-hybridized carbons (Fsp3) is 0.296. The van der Waals surface area contributed by atoms with Gasteiger partial charge in [0.05, 0.1) is 0 Å². The highest BCUT2D eigenvalue weighted by Gasteiger charge is 2.33. The second kappa shape index (κ2) is 11.1. The summed E-state index contributed by atoms with van der Waals surface area (Å²) in [6.07, 6.45) is 5.57. The van der Waals surface area contributed by atoms with E-state index in [0.717, 1.165) is 36.3 Å². The minimum absolute atomic E-state index is 0.110. The molecule has 1 unspecified atom stereocenters. The van der Waals surface area contributed by atoms with Crippen LogP contribution in [-0.4, -0.2) is 11.9 Å². The summed E-state index contributed by atoms with van der Waals surface area (Å²) in [5, 5.41) is 1.66. The van der Waals surface area contributed by atoms with E-state index in [1.165, 1.54) is 6.42 Å². The van der Waals surface area contributed by atoms with Gasteiger partial charge in [-0.2, -0.15) is 0 Å². The van der Waals surface area contributed by atoms with Gasteiger partial charge in [-0.25, -0.2) is 0 Å². The first-order valence-corrected chi connectivity index (χ1v) is 12.8. The van der Waals surface area contributed by atoms with E-state index >= 15 is 0 Å². The van der Waals surface area contributed by atoms with Gasteiger partial charge in [-0.05, 0) is 6.42 Å². The van der Waals surface area contributed by atoms with Gasteiger partial charge >= 0.3 is 0 Å². The fourth-order valence-corrected chi connectivity index (χ4v) is 6.97. The van der Waals surface area contributed by atoms with Crippen molar-refractivity contribution < 1.29 is 9.36 Å². The first-order valence-electron chi connectivity index (χ1n) is 10.9. The first kappa shape index (κ1) is 22.2. The van der Waals surface area contributed by atoms with E-state index in [9.17, 15) is 9.36 Å². The van der Waals surface area contributed by atoms with Crippen LogP contribution in [0.1, 0.15) is 49.4 Å². The molecule has 0 N–H and O–H groups in total. The summed E-state index contributed by atoms with van der Waals surface area (Å²) >= 11 is 0. The van der Waals surface area contributed by atoms with Crippen molar-refractivity contribution in [2.45, 2.75) is 39.0 Å². The van der Waals surface area contributed by atoms with E-state index in [4.69, 9.17) is 0 Å². The normalized spacial score (nSPS) is 12.4. The van der Waals surface area contributed by atoms with Gasteiger partial charge in [-0.15, -0.1) is 0 Å². The molecule has 0 aromatic heterocycles. The third kappa shape index (κ3) is 5.58. The molecule has 3 heteroatoms. The Bertz CT molecular complexity index is 908. The molecule has 3 aromatic carbocycles. The molecule has 0 fully saturated rings. The zero-order chi connectivity index (χ0) is 21.2. The van der Waals surface area contributed by atoms with Gasteiger partial charge in [0, 0.05) is 28.3 Å². The summed E-state index contributed by atoms with van der Waals surface area (Å²) in [7, 11) is -2.93. The minimum atomic E-state index is -2.93. The summed E-state index contributed by atoms with van der Waals surface area (Å²) < 4.78 is 14.5. The molecule has 3 rings (SSSR count). The number of ketones is 1. The average molecular weight is 419 g/mol. The molecule has 0 saturated carbocycles. The lowest BCUT2D eigenvalue weighted by molar-refractivity contribution is 0.0924. The Labute approximate surface area is 180 Å². The van der Waals surface area contributed by atoms with Crippen molar-refractivity contribution in [3.63, 3.8) is 0 Å². The van der Waals surface area contributed by atoms with Crippen LogP contribution in [0.4, 0.5) is 0 Å². The SMILES string of the molecule is CCCCCCC(CP(=O)(c1ccccc1)c1ccccc1)C(=O)c1ccccc1. The Hall–Kier alpha value is -2.44. The summed E-state index contributed by atoms with van der Waals surface area (Å²) in [6, 6.07) is 28.8. The van der Waals surface area contributed by atoms with Crippen LogP contribution in [0.2, 0.25) is 0 Å². The van der Waals surface area contributed by atoms with Crippen LogP contribution in [0.5, 0.6) is 0 Å². The highest BCUT2D eigenvalue weighted by atomic mass is 31.2. The minimum Gasteiger partial charge on any atom is -0.314 e. The van der Waals surface area contributed by atoms with E-state index < -0.39 is 7.14 Å². The number of hydrogen-bond donors (Lipinski definition) is 0. The largest absolute Gasteiger partial charge is 0.314 e. The molecule has 0 aliphatic carbocycles. The quantitative estimate of drug-likeness (QED) is 0.203. The second-order valence-corrected chi connectivity index (χ2v) is 10.7. The molecule has 1 atom stereocenters. The monoisotopic (exact) mass is 418 g/mol. The lowest BCUT2D eigenvalue weighted by atomic mass is 9.94. The molecule has 3 aromatic rings. The number of unbranched alkanes of at least 4 members (excludes halogenated alkanes) is 3. The van der Waals surface area contributed by atoms with Crippen molar-refractivity contribution in [1.29, 1.82) is 0 Å². The Morgan fingerprint density at radius 2 is 1.23 bits per heavy atom. The van der Waals surface area contributed by atoms with E-state index in [1.807, 2.05) is 91.0 Å². The van der Waals surface area contributed by atoms with E-state index in [1.54, 1.807) is 0 Å². The number of Topliss-reactive ketones (excluding diaryl/α,β-unsaturated/α-hetero) is 1. The van der Waals surface area contributed by atoms with Crippen LogP contribution in [0.15, 0.2) is 91.0 Å². The maximum Gasteiger partial charge on any atom is 0.166 e. The van der Waals surface area contributed by atoms with Crippen LogP contribution in [-0.2, 0) is 4.57 Å². The number of hydrogen-bond acceptors (Lipinski definition) is 2. The molecule has 0 aliphatic rings. The van der Waals surface area contributed by atoms with Crippen molar-refractivity contribution in [1.82, 2.24) is 0 Å². The van der Waals surface area contributed by atoms with Crippen molar-refractivity contribution in [2.75, 3.05) is 6.16 Å². The summed E-state index contributed by atoms with van der Waals surface area (Å²) in [6.45, 7) is 2.19. The molecule has 0 heterocycles. The van der Waals surface area contributed by atoms with Crippen LogP contribution in [0.3, 0.4) is 0 Å². The van der Waals surface area contributed by atoms with Crippen molar-refractivity contribution >= 4 is 23.5 Å². The molecule has 0 saturated heterocycles. The molecular weight excluding hydrogens is 387 g/mol. The smallest absolute Gasteiger partial charge is 0.166 e.